The Morgan fingerprint density at radius 2 is 2.05 bits per heavy atom. The van der Waals surface area contributed by atoms with Gasteiger partial charge in [-0.2, -0.15) is 5.10 Å². The molecule has 0 amide bonds. The lowest BCUT2D eigenvalue weighted by atomic mass is 10.0. The Kier molecular flexibility index (Phi) is 4.40. The number of methoxy groups -OCH3 is 1. The molecule has 0 aliphatic heterocycles. The third-order valence-electron chi connectivity index (χ3n) is 3.09. The van der Waals surface area contributed by atoms with Crippen LogP contribution in [0.1, 0.15) is 28.8 Å². The summed E-state index contributed by atoms with van der Waals surface area (Å²) in [5, 5.41) is 3.94. The zero-order valence-electron chi connectivity index (χ0n) is 11.9. The predicted octanol–water partition coefficient (Wildman–Crippen LogP) is 2.39. The van der Waals surface area contributed by atoms with E-state index >= 15 is 0 Å². The minimum Gasteiger partial charge on any atom is -0.497 e. The van der Waals surface area contributed by atoms with Gasteiger partial charge in [0.2, 0.25) is 0 Å². The topological polar surface area (TPSA) is 53.4 Å². The summed E-state index contributed by atoms with van der Waals surface area (Å²) in [5.41, 5.74) is 1.57. The summed E-state index contributed by atoms with van der Waals surface area (Å²) >= 11 is 0. The number of hydrogen-bond acceptors (Lipinski definition) is 4. The average Bonchev–Trinajstić information content (AvgIpc) is 2.91. The summed E-state index contributed by atoms with van der Waals surface area (Å²) in [4.78, 5) is 11.8. The molecule has 0 saturated carbocycles. The highest BCUT2D eigenvalue weighted by molar-refractivity contribution is 5.88. The summed E-state index contributed by atoms with van der Waals surface area (Å²) in [6.07, 6.45) is 3.14. The van der Waals surface area contributed by atoms with Crippen molar-refractivity contribution in [3.63, 3.8) is 0 Å². The molecule has 0 aliphatic carbocycles. The first kappa shape index (κ1) is 14.1. The molecule has 0 N–H and O–H groups in total. The molecular weight excluding hydrogens is 256 g/mol. The van der Waals surface area contributed by atoms with Gasteiger partial charge >= 0.3 is 5.97 Å². The molecule has 0 radical (unpaired) electrons. The molecular formula is C15H18N2O3. The second-order valence-corrected chi connectivity index (χ2v) is 4.68. The maximum absolute atomic E-state index is 11.8. The van der Waals surface area contributed by atoms with Crippen LogP contribution >= 0.6 is 0 Å². The maximum Gasteiger partial charge on any atom is 0.341 e. The number of hydrogen-bond donors (Lipinski definition) is 0. The first-order valence-electron chi connectivity index (χ1n) is 6.40. The largest absolute Gasteiger partial charge is 0.497 e. The van der Waals surface area contributed by atoms with Crippen LogP contribution in [0.5, 0.6) is 5.75 Å². The van der Waals surface area contributed by atoms with Crippen LogP contribution in [0, 0.1) is 0 Å². The van der Waals surface area contributed by atoms with Crippen LogP contribution in [0.4, 0.5) is 0 Å². The van der Waals surface area contributed by atoms with Gasteiger partial charge in [-0.25, -0.2) is 4.79 Å². The Bertz CT molecular complexity index is 575. The second-order valence-electron chi connectivity index (χ2n) is 4.68. The van der Waals surface area contributed by atoms with Gasteiger partial charge in [0.25, 0.3) is 0 Å². The summed E-state index contributed by atoms with van der Waals surface area (Å²) in [7, 11) is 3.39. The Hall–Kier alpha value is -2.30. The Morgan fingerprint density at radius 1 is 1.35 bits per heavy atom. The molecule has 5 heteroatoms. The molecule has 20 heavy (non-hydrogen) atoms. The fraction of sp³-hybridized carbons (Fsp3) is 0.333. The molecule has 1 aromatic carbocycles. The van der Waals surface area contributed by atoms with Crippen LogP contribution in [0.3, 0.4) is 0 Å². The van der Waals surface area contributed by atoms with Crippen molar-refractivity contribution in [2.45, 2.75) is 12.8 Å². The third kappa shape index (κ3) is 3.38. The molecule has 0 unspecified atom stereocenters. The van der Waals surface area contributed by atoms with Gasteiger partial charge in [0, 0.05) is 19.2 Å². The van der Waals surface area contributed by atoms with E-state index in [9.17, 15) is 4.79 Å². The monoisotopic (exact) mass is 274 g/mol. The van der Waals surface area contributed by atoms with Crippen LogP contribution in [-0.4, -0.2) is 29.5 Å². The zero-order valence-corrected chi connectivity index (χ0v) is 11.9. The van der Waals surface area contributed by atoms with Crippen LogP contribution < -0.4 is 4.74 Å². The van der Waals surface area contributed by atoms with Crippen LogP contribution in [0.15, 0.2) is 36.7 Å². The average molecular weight is 274 g/mol. The van der Waals surface area contributed by atoms with Gasteiger partial charge in [-0.3, -0.25) is 4.68 Å². The van der Waals surface area contributed by atoms with Gasteiger partial charge in [-0.1, -0.05) is 19.1 Å². The lowest BCUT2D eigenvalue weighted by Crippen LogP contribution is -2.10. The van der Waals surface area contributed by atoms with Crippen LogP contribution in [0.25, 0.3) is 0 Å². The Morgan fingerprint density at radius 3 is 2.60 bits per heavy atom. The van der Waals surface area contributed by atoms with E-state index in [1.54, 1.807) is 25.0 Å². The first-order chi connectivity index (χ1) is 9.60. The van der Waals surface area contributed by atoms with Crippen LogP contribution in [-0.2, 0) is 11.8 Å². The number of aromatic nitrogens is 2. The van der Waals surface area contributed by atoms with Crippen molar-refractivity contribution >= 4 is 5.97 Å². The molecule has 2 aromatic rings. The number of aryl methyl sites for hydroxylation is 1. The Labute approximate surface area is 118 Å². The van der Waals surface area contributed by atoms with Gasteiger partial charge in [-0.15, -0.1) is 0 Å². The van der Waals surface area contributed by atoms with Crippen molar-refractivity contribution < 1.29 is 14.3 Å². The van der Waals surface area contributed by atoms with Gasteiger partial charge < -0.3 is 9.47 Å². The second kappa shape index (κ2) is 6.23. The van der Waals surface area contributed by atoms with Gasteiger partial charge in [0.05, 0.1) is 25.5 Å². The lowest BCUT2D eigenvalue weighted by molar-refractivity contribution is 0.0485. The van der Waals surface area contributed by atoms with Crippen molar-refractivity contribution in [1.29, 1.82) is 0 Å². The van der Waals surface area contributed by atoms with E-state index in [-0.39, 0.29) is 11.9 Å². The van der Waals surface area contributed by atoms with E-state index in [0.29, 0.717) is 12.2 Å². The number of nitrogens with zero attached hydrogens (tertiary/aromatic N) is 2. The summed E-state index contributed by atoms with van der Waals surface area (Å²) in [6.45, 7) is 2.35. The molecule has 0 saturated heterocycles. The normalized spacial score (nSPS) is 11.9. The minimum atomic E-state index is -0.349. The highest BCUT2D eigenvalue weighted by Gasteiger charge is 2.12. The molecule has 1 atom stereocenters. The number of rotatable bonds is 5. The van der Waals surface area contributed by atoms with Crippen molar-refractivity contribution in [2.75, 3.05) is 13.7 Å². The molecule has 1 aromatic heterocycles. The quantitative estimate of drug-likeness (QED) is 0.786. The van der Waals surface area contributed by atoms with Gasteiger partial charge in [0.1, 0.15) is 5.75 Å². The van der Waals surface area contributed by atoms with E-state index in [1.807, 2.05) is 31.2 Å². The molecule has 0 spiro atoms. The minimum absolute atomic E-state index is 0.126. The number of carbonyl (C=O) groups is 1. The SMILES string of the molecule is COc1ccc([C@H](C)COC(=O)c2cnn(C)c2)cc1. The molecule has 5 nitrogen and oxygen atoms in total. The number of benzene rings is 1. The highest BCUT2D eigenvalue weighted by atomic mass is 16.5. The smallest absolute Gasteiger partial charge is 0.341 e. The molecule has 0 bridgehead atoms. The fourth-order valence-electron chi connectivity index (χ4n) is 1.84. The fourth-order valence-corrected chi connectivity index (χ4v) is 1.84. The maximum atomic E-state index is 11.8. The number of esters is 1. The van der Waals surface area contributed by atoms with E-state index in [1.165, 1.54) is 6.20 Å². The van der Waals surface area contributed by atoms with Crippen molar-refractivity contribution in [3.8, 4) is 5.75 Å². The van der Waals surface area contributed by atoms with Gasteiger partial charge in [-0.05, 0) is 17.7 Å². The molecule has 0 fully saturated rings. The summed E-state index contributed by atoms with van der Waals surface area (Å²) in [6, 6.07) is 7.74. The molecule has 1 heterocycles. The van der Waals surface area contributed by atoms with E-state index in [0.717, 1.165) is 11.3 Å². The Balaban J connectivity index is 1.91. The molecule has 2 rings (SSSR count). The number of carbonyl (C=O) groups excluding carboxylic acids is 1. The van der Waals surface area contributed by atoms with E-state index in [2.05, 4.69) is 5.10 Å². The number of ether oxygens (including phenoxy) is 2. The predicted molar refractivity (Wildman–Crippen MR) is 74.9 cm³/mol. The van der Waals surface area contributed by atoms with Crippen molar-refractivity contribution in [3.05, 3.63) is 47.8 Å². The highest BCUT2D eigenvalue weighted by Crippen LogP contribution is 2.19. The van der Waals surface area contributed by atoms with Crippen LogP contribution in [0.2, 0.25) is 0 Å². The molecule has 106 valence electrons. The summed E-state index contributed by atoms with van der Waals surface area (Å²) in [5.74, 6) is 0.591. The standard InChI is InChI=1S/C15H18N2O3/c1-11(12-4-6-14(19-3)7-5-12)10-20-15(18)13-8-16-17(2)9-13/h4-9,11H,10H2,1-3H3/t11-/m1/s1. The first-order valence-corrected chi connectivity index (χ1v) is 6.40. The van der Waals surface area contributed by atoms with Crippen molar-refractivity contribution in [2.24, 2.45) is 7.05 Å². The lowest BCUT2D eigenvalue weighted by Gasteiger charge is -2.12. The van der Waals surface area contributed by atoms with Crippen molar-refractivity contribution in [1.82, 2.24) is 9.78 Å². The van der Waals surface area contributed by atoms with E-state index in [4.69, 9.17) is 9.47 Å². The van der Waals surface area contributed by atoms with E-state index < -0.39 is 0 Å². The zero-order chi connectivity index (χ0) is 14.5. The summed E-state index contributed by atoms with van der Waals surface area (Å²) < 4.78 is 12.0. The molecule has 0 aliphatic rings. The third-order valence-corrected chi connectivity index (χ3v) is 3.09. The van der Waals surface area contributed by atoms with Gasteiger partial charge in [0.15, 0.2) is 0 Å².